The molecule has 0 saturated heterocycles. The molecule has 1 aromatic carbocycles. The Kier molecular flexibility index (Phi) is 8.56. The molecule has 0 unspecified atom stereocenters. The lowest BCUT2D eigenvalue weighted by Crippen LogP contribution is -2.38. The minimum Gasteiger partial charge on any atom is -0.490 e. The molecular weight excluding hydrogens is 457 g/mol. The number of hydrogen-bond acceptors (Lipinski definition) is 5. The Labute approximate surface area is 175 Å². The summed E-state index contributed by atoms with van der Waals surface area (Å²) in [5, 5.41) is 6.38. The second kappa shape index (κ2) is 11.2. The Morgan fingerprint density at radius 1 is 1.15 bits per heavy atom. The predicted molar refractivity (Wildman–Crippen MR) is 115 cm³/mol. The van der Waals surface area contributed by atoms with Crippen molar-refractivity contribution in [2.24, 2.45) is 4.99 Å². The molecule has 27 heavy (non-hydrogen) atoms. The largest absolute Gasteiger partial charge is 0.490 e. The summed E-state index contributed by atoms with van der Waals surface area (Å²) in [5.74, 6) is 2.02. The first-order valence-corrected chi connectivity index (χ1v) is 8.32. The molecule has 0 aliphatic carbocycles. The van der Waals surface area contributed by atoms with Crippen molar-refractivity contribution < 1.29 is 9.15 Å². The molecular formula is C19H22IN5O2. The van der Waals surface area contributed by atoms with Gasteiger partial charge in [0.25, 0.3) is 0 Å². The average Bonchev–Trinajstić information content (AvgIpc) is 3.18. The van der Waals surface area contributed by atoms with Gasteiger partial charge in [0, 0.05) is 18.8 Å². The topological polar surface area (TPSA) is 84.6 Å². The predicted octanol–water partition coefficient (Wildman–Crippen LogP) is 3.10. The van der Waals surface area contributed by atoms with Crippen molar-refractivity contribution in [3.8, 4) is 17.2 Å². The molecule has 0 saturated carbocycles. The summed E-state index contributed by atoms with van der Waals surface area (Å²) in [7, 11) is 1.72. The lowest BCUT2D eigenvalue weighted by Gasteiger charge is -2.11. The van der Waals surface area contributed by atoms with Gasteiger partial charge in [-0.05, 0) is 24.3 Å². The number of pyridine rings is 1. The Morgan fingerprint density at radius 2 is 2.00 bits per heavy atom. The van der Waals surface area contributed by atoms with E-state index in [0.29, 0.717) is 31.5 Å². The van der Waals surface area contributed by atoms with Crippen LogP contribution in [0.2, 0.25) is 0 Å². The van der Waals surface area contributed by atoms with Crippen LogP contribution in [0.15, 0.2) is 70.5 Å². The summed E-state index contributed by atoms with van der Waals surface area (Å²) < 4.78 is 11.1. The van der Waals surface area contributed by atoms with Gasteiger partial charge in [-0.15, -0.1) is 24.0 Å². The molecule has 0 radical (unpaired) electrons. The van der Waals surface area contributed by atoms with Crippen LogP contribution in [0.3, 0.4) is 0 Å². The molecule has 0 fully saturated rings. The number of aliphatic imine (C=N–C) groups is 1. The second-order valence-electron chi connectivity index (χ2n) is 5.40. The Morgan fingerprint density at radius 3 is 2.74 bits per heavy atom. The SMILES string of the molecule is CN=C(NCCOc1cccnc1)NCc1coc(-c2ccccc2)n1.I. The fourth-order valence-electron chi connectivity index (χ4n) is 2.27. The number of hydrogen-bond donors (Lipinski definition) is 2. The maximum Gasteiger partial charge on any atom is 0.226 e. The number of nitrogens with zero attached hydrogens (tertiary/aromatic N) is 3. The summed E-state index contributed by atoms with van der Waals surface area (Å²) in [4.78, 5) is 12.7. The number of guanidine groups is 1. The van der Waals surface area contributed by atoms with Gasteiger partial charge in [0.05, 0.1) is 25.0 Å². The molecule has 2 heterocycles. The van der Waals surface area contributed by atoms with Crippen molar-refractivity contribution in [3.63, 3.8) is 0 Å². The van der Waals surface area contributed by atoms with Gasteiger partial charge in [0.2, 0.25) is 5.89 Å². The molecule has 7 nitrogen and oxygen atoms in total. The highest BCUT2D eigenvalue weighted by atomic mass is 127. The van der Waals surface area contributed by atoms with Crippen molar-refractivity contribution in [2.45, 2.75) is 6.54 Å². The fraction of sp³-hybridized carbons (Fsp3) is 0.211. The molecule has 0 spiro atoms. The number of oxazole rings is 1. The van der Waals surface area contributed by atoms with Crippen molar-refractivity contribution in [2.75, 3.05) is 20.2 Å². The van der Waals surface area contributed by atoms with Crippen molar-refractivity contribution in [3.05, 3.63) is 66.8 Å². The Bertz CT molecular complexity index is 824. The summed E-state index contributed by atoms with van der Waals surface area (Å²) in [5.41, 5.74) is 1.76. The van der Waals surface area contributed by atoms with E-state index in [9.17, 15) is 0 Å². The molecule has 0 bridgehead atoms. The van der Waals surface area contributed by atoms with E-state index in [1.165, 1.54) is 0 Å². The third-order valence-corrected chi connectivity index (χ3v) is 3.53. The van der Waals surface area contributed by atoms with Gasteiger partial charge in [-0.1, -0.05) is 18.2 Å². The zero-order valence-electron chi connectivity index (χ0n) is 15.0. The molecule has 0 aliphatic heterocycles. The van der Waals surface area contributed by atoms with Crippen LogP contribution in [0.4, 0.5) is 0 Å². The van der Waals surface area contributed by atoms with Crippen LogP contribution in [0.25, 0.3) is 11.5 Å². The second-order valence-corrected chi connectivity index (χ2v) is 5.40. The monoisotopic (exact) mass is 479 g/mol. The first-order valence-electron chi connectivity index (χ1n) is 8.32. The van der Waals surface area contributed by atoms with E-state index in [2.05, 4.69) is 25.6 Å². The molecule has 0 amide bonds. The molecule has 3 rings (SSSR count). The minimum absolute atomic E-state index is 0. The molecule has 0 atom stereocenters. The number of aromatic nitrogens is 2. The zero-order chi connectivity index (χ0) is 18.0. The highest BCUT2D eigenvalue weighted by Gasteiger charge is 2.06. The molecule has 8 heteroatoms. The summed E-state index contributed by atoms with van der Waals surface area (Å²) in [6, 6.07) is 13.5. The summed E-state index contributed by atoms with van der Waals surface area (Å²) in [6.45, 7) is 1.64. The highest BCUT2D eigenvalue weighted by molar-refractivity contribution is 14.0. The standard InChI is InChI=1S/C19H21N5O2.HI/c1-20-19(22-10-11-25-17-8-5-9-21-13-17)23-12-16-14-26-18(24-16)15-6-3-2-4-7-15;/h2-9,13-14H,10-12H2,1H3,(H2,20,22,23);1H. The van der Waals surface area contributed by atoms with Crippen LogP contribution in [0.1, 0.15) is 5.69 Å². The lowest BCUT2D eigenvalue weighted by atomic mass is 10.2. The number of rotatable bonds is 7. The van der Waals surface area contributed by atoms with Gasteiger partial charge in [0.1, 0.15) is 18.6 Å². The van der Waals surface area contributed by atoms with Gasteiger partial charge >= 0.3 is 0 Å². The van der Waals surface area contributed by atoms with Crippen LogP contribution in [-0.4, -0.2) is 36.1 Å². The Hall–Kier alpha value is -2.62. The van der Waals surface area contributed by atoms with Gasteiger partial charge in [-0.2, -0.15) is 0 Å². The number of nitrogens with one attached hydrogen (secondary N) is 2. The lowest BCUT2D eigenvalue weighted by molar-refractivity contribution is 0.320. The normalized spacial score (nSPS) is 10.8. The summed E-state index contributed by atoms with van der Waals surface area (Å²) >= 11 is 0. The van der Waals surface area contributed by atoms with Crippen LogP contribution < -0.4 is 15.4 Å². The molecule has 2 N–H and O–H groups in total. The third kappa shape index (κ3) is 6.55. The maximum atomic E-state index is 5.58. The molecule has 142 valence electrons. The number of halogens is 1. The van der Waals surface area contributed by atoms with Crippen molar-refractivity contribution >= 4 is 29.9 Å². The van der Waals surface area contributed by atoms with Gasteiger partial charge in [-0.25, -0.2) is 4.98 Å². The van der Waals surface area contributed by atoms with E-state index in [4.69, 9.17) is 9.15 Å². The smallest absolute Gasteiger partial charge is 0.226 e. The van der Waals surface area contributed by atoms with Crippen molar-refractivity contribution in [1.82, 2.24) is 20.6 Å². The van der Waals surface area contributed by atoms with Crippen molar-refractivity contribution in [1.29, 1.82) is 0 Å². The molecule has 3 aromatic rings. The van der Waals surface area contributed by atoms with Gasteiger partial charge < -0.3 is 19.8 Å². The molecule has 0 aliphatic rings. The van der Waals surface area contributed by atoms with E-state index in [0.717, 1.165) is 17.0 Å². The first kappa shape index (κ1) is 20.7. The minimum atomic E-state index is 0. The number of ether oxygens (including phenoxy) is 1. The van der Waals surface area contributed by atoms with E-state index >= 15 is 0 Å². The van der Waals surface area contributed by atoms with Crippen LogP contribution in [-0.2, 0) is 6.54 Å². The van der Waals surface area contributed by atoms with Crippen LogP contribution >= 0.6 is 24.0 Å². The van der Waals surface area contributed by atoms with E-state index in [-0.39, 0.29) is 24.0 Å². The average molecular weight is 479 g/mol. The van der Waals surface area contributed by atoms with Crippen LogP contribution in [0, 0.1) is 0 Å². The highest BCUT2D eigenvalue weighted by Crippen LogP contribution is 2.17. The van der Waals surface area contributed by atoms with E-state index in [1.54, 1.807) is 25.7 Å². The zero-order valence-corrected chi connectivity index (χ0v) is 17.3. The maximum absolute atomic E-state index is 5.58. The Balaban J connectivity index is 0.00000261. The molecule has 2 aromatic heterocycles. The van der Waals surface area contributed by atoms with Gasteiger partial charge in [-0.3, -0.25) is 9.98 Å². The summed E-state index contributed by atoms with van der Waals surface area (Å²) in [6.07, 6.45) is 5.04. The van der Waals surface area contributed by atoms with E-state index < -0.39 is 0 Å². The van der Waals surface area contributed by atoms with E-state index in [1.807, 2.05) is 42.5 Å². The first-order chi connectivity index (χ1) is 12.8. The fourth-order valence-corrected chi connectivity index (χ4v) is 2.27. The van der Waals surface area contributed by atoms with Crippen LogP contribution in [0.5, 0.6) is 5.75 Å². The quantitative estimate of drug-likeness (QED) is 0.235. The van der Waals surface area contributed by atoms with Gasteiger partial charge in [0.15, 0.2) is 5.96 Å². The third-order valence-electron chi connectivity index (χ3n) is 3.53. The number of benzene rings is 1.